The Kier molecular flexibility index (Phi) is 3.87. The summed E-state index contributed by atoms with van der Waals surface area (Å²) in [4.78, 5) is 0. The van der Waals surface area contributed by atoms with E-state index in [4.69, 9.17) is 5.26 Å². The van der Waals surface area contributed by atoms with Crippen molar-refractivity contribution in [1.29, 1.82) is 5.26 Å². The highest BCUT2D eigenvalue weighted by atomic mass is 19.1. The summed E-state index contributed by atoms with van der Waals surface area (Å²) in [6, 6.07) is 8.96. The maximum Gasteiger partial charge on any atom is 0.143 e. The van der Waals surface area contributed by atoms with E-state index in [0.29, 0.717) is 18.3 Å². The number of anilines is 1. The average molecular weight is 284 g/mol. The highest BCUT2D eigenvalue weighted by Crippen LogP contribution is 2.28. The Hall–Kier alpha value is -2.35. The first-order valence-electron chi connectivity index (χ1n) is 7.24. The van der Waals surface area contributed by atoms with E-state index in [1.54, 1.807) is 12.1 Å². The Bertz CT molecular complexity index is 665. The minimum Gasteiger partial charge on any atom is -0.378 e. The first kappa shape index (κ1) is 13.6. The topological polar surface area (TPSA) is 53.6 Å². The van der Waals surface area contributed by atoms with Crippen LogP contribution in [0.1, 0.15) is 43.0 Å². The van der Waals surface area contributed by atoms with Crippen molar-refractivity contribution < 1.29 is 4.39 Å². The van der Waals surface area contributed by atoms with E-state index in [1.165, 1.54) is 31.7 Å². The van der Waals surface area contributed by atoms with Crippen LogP contribution in [0.5, 0.6) is 0 Å². The molecule has 0 bridgehead atoms. The third kappa shape index (κ3) is 2.89. The van der Waals surface area contributed by atoms with E-state index in [2.05, 4.69) is 10.4 Å². The largest absolute Gasteiger partial charge is 0.378 e. The van der Waals surface area contributed by atoms with Gasteiger partial charge in [0.15, 0.2) is 0 Å². The lowest BCUT2D eigenvalue weighted by Gasteiger charge is -2.09. The maximum atomic E-state index is 13.5. The van der Waals surface area contributed by atoms with Crippen molar-refractivity contribution in [3.63, 3.8) is 0 Å². The van der Waals surface area contributed by atoms with Gasteiger partial charge in [0.05, 0.1) is 24.0 Å². The van der Waals surface area contributed by atoms with Gasteiger partial charge in [-0.15, -0.1) is 0 Å². The highest BCUT2D eigenvalue weighted by molar-refractivity contribution is 5.57. The summed E-state index contributed by atoms with van der Waals surface area (Å²) in [5, 5.41) is 16.6. The number of rotatable bonds is 4. The second-order valence-corrected chi connectivity index (χ2v) is 5.35. The molecule has 1 N–H and O–H groups in total. The van der Waals surface area contributed by atoms with Gasteiger partial charge in [-0.3, -0.25) is 4.68 Å². The molecule has 0 atom stereocenters. The Morgan fingerprint density at radius 1 is 1.33 bits per heavy atom. The first-order valence-corrected chi connectivity index (χ1v) is 7.24. The minimum absolute atomic E-state index is 0.0488. The molecular weight excluding hydrogens is 267 g/mol. The Balaban J connectivity index is 1.68. The van der Waals surface area contributed by atoms with Crippen LogP contribution in [0.3, 0.4) is 0 Å². The second-order valence-electron chi connectivity index (χ2n) is 5.35. The normalized spacial score (nSPS) is 15.0. The molecule has 1 aromatic carbocycles. The molecule has 1 saturated carbocycles. The fraction of sp³-hybridized carbons (Fsp3) is 0.375. The van der Waals surface area contributed by atoms with E-state index in [0.717, 1.165) is 5.69 Å². The number of nitrogens with one attached hydrogen (secondary N) is 1. The van der Waals surface area contributed by atoms with Crippen LogP contribution in [-0.4, -0.2) is 9.78 Å². The summed E-state index contributed by atoms with van der Waals surface area (Å²) in [6.45, 7) is 0.484. The molecule has 0 amide bonds. The van der Waals surface area contributed by atoms with Gasteiger partial charge in [0.25, 0.3) is 0 Å². The molecule has 0 aliphatic heterocycles. The average Bonchev–Trinajstić information content (AvgIpc) is 3.16. The van der Waals surface area contributed by atoms with Crippen molar-refractivity contribution in [2.45, 2.75) is 38.3 Å². The van der Waals surface area contributed by atoms with Gasteiger partial charge in [-0.05, 0) is 31.0 Å². The molecule has 21 heavy (non-hydrogen) atoms. The first-order chi connectivity index (χ1) is 10.3. The van der Waals surface area contributed by atoms with Gasteiger partial charge in [0.2, 0.25) is 0 Å². The van der Waals surface area contributed by atoms with Crippen molar-refractivity contribution in [2.24, 2.45) is 0 Å². The van der Waals surface area contributed by atoms with Gasteiger partial charge in [0, 0.05) is 6.20 Å². The number of nitrogens with zero attached hydrogens (tertiary/aromatic N) is 3. The molecule has 2 aromatic rings. The van der Waals surface area contributed by atoms with Gasteiger partial charge in [-0.1, -0.05) is 18.9 Å². The van der Waals surface area contributed by atoms with E-state index in [1.807, 2.05) is 23.0 Å². The monoisotopic (exact) mass is 284 g/mol. The van der Waals surface area contributed by atoms with Crippen LogP contribution >= 0.6 is 0 Å². The molecule has 5 heteroatoms. The maximum absolute atomic E-state index is 13.5. The molecule has 0 spiro atoms. The van der Waals surface area contributed by atoms with Crippen LogP contribution in [0.25, 0.3) is 0 Å². The summed E-state index contributed by atoms with van der Waals surface area (Å²) < 4.78 is 15.5. The number of hydrogen-bond acceptors (Lipinski definition) is 3. The Labute approximate surface area is 123 Å². The van der Waals surface area contributed by atoms with Crippen LogP contribution in [0.4, 0.5) is 10.1 Å². The molecule has 1 aliphatic carbocycles. The van der Waals surface area contributed by atoms with Gasteiger partial charge < -0.3 is 5.32 Å². The Morgan fingerprint density at radius 2 is 2.14 bits per heavy atom. The lowest BCUT2D eigenvalue weighted by Crippen LogP contribution is -2.07. The lowest BCUT2D eigenvalue weighted by atomic mass is 10.2. The van der Waals surface area contributed by atoms with Crippen LogP contribution in [-0.2, 0) is 6.54 Å². The van der Waals surface area contributed by atoms with Crippen LogP contribution in [0.15, 0.2) is 30.5 Å². The van der Waals surface area contributed by atoms with Gasteiger partial charge in [-0.25, -0.2) is 4.39 Å². The molecule has 0 radical (unpaired) electrons. The van der Waals surface area contributed by atoms with Crippen molar-refractivity contribution in [1.82, 2.24) is 9.78 Å². The van der Waals surface area contributed by atoms with E-state index in [-0.39, 0.29) is 5.56 Å². The standard InChI is InChI=1S/C16H17FN4/c17-15-6-3-7-16(14(15)10-18)19-11-12-8-9-21(20-12)13-4-1-2-5-13/h3,6-9,13,19H,1-2,4-5,11H2. The summed E-state index contributed by atoms with van der Waals surface area (Å²) in [6.07, 6.45) is 6.93. The fourth-order valence-electron chi connectivity index (χ4n) is 2.81. The summed E-state index contributed by atoms with van der Waals surface area (Å²) in [7, 11) is 0. The third-order valence-corrected chi connectivity index (χ3v) is 3.95. The minimum atomic E-state index is -0.501. The van der Waals surface area contributed by atoms with Crippen molar-refractivity contribution in [2.75, 3.05) is 5.32 Å². The molecule has 1 heterocycles. The van der Waals surface area contributed by atoms with Crippen molar-refractivity contribution in [3.05, 3.63) is 47.5 Å². The molecular formula is C16H17FN4. The lowest BCUT2D eigenvalue weighted by molar-refractivity contribution is 0.463. The van der Waals surface area contributed by atoms with E-state index >= 15 is 0 Å². The van der Waals surface area contributed by atoms with Gasteiger partial charge in [-0.2, -0.15) is 10.4 Å². The predicted octanol–water partition coefficient (Wildman–Crippen LogP) is 3.62. The third-order valence-electron chi connectivity index (χ3n) is 3.95. The van der Waals surface area contributed by atoms with Gasteiger partial charge >= 0.3 is 0 Å². The zero-order valence-electron chi connectivity index (χ0n) is 11.7. The van der Waals surface area contributed by atoms with Crippen molar-refractivity contribution >= 4 is 5.69 Å². The molecule has 0 saturated heterocycles. The van der Waals surface area contributed by atoms with Crippen LogP contribution < -0.4 is 5.32 Å². The molecule has 1 aliphatic rings. The van der Waals surface area contributed by atoms with Crippen LogP contribution in [0, 0.1) is 17.1 Å². The predicted molar refractivity (Wildman–Crippen MR) is 78.2 cm³/mol. The summed E-state index contributed by atoms with van der Waals surface area (Å²) in [5.74, 6) is -0.501. The zero-order chi connectivity index (χ0) is 14.7. The SMILES string of the molecule is N#Cc1c(F)cccc1NCc1ccn(C2CCCC2)n1. The van der Waals surface area contributed by atoms with E-state index in [9.17, 15) is 4.39 Å². The van der Waals surface area contributed by atoms with Crippen molar-refractivity contribution in [3.8, 4) is 6.07 Å². The molecule has 4 nitrogen and oxygen atoms in total. The number of hydrogen-bond donors (Lipinski definition) is 1. The Morgan fingerprint density at radius 3 is 2.90 bits per heavy atom. The zero-order valence-corrected chi connectivity index (χ0v) is 11.7. The number of benzene rings is 1. The molecule has 1 aromatic heterocycles. The van der Waals surface area contributed by atoms with Crippen LogP contribution in [0.2, 0.25) is 0 Å². The fourth-order valence-corrected chi connectivity index (χ4v) is 2.81. The molecule has 108 valence electrons. The molecule has 0 unspecified atom stereocenters. The quantitative estimate of drug-likeness (QED) is 0.933. The number of halogens is 1. The highest BCUT2D eigenvalue weighted by Gasteiger charge is 2.17. The number of aromatic nitrogens is 2. The molecule has 1 fully saturated rings. The summed E-state index contributed by atoms with van der Waals surface area (Å²) >= 11 is 0. The molecule has 3 rings (SSSR count). The summed E-state index contributed by atoms with van der Waals surface area (Å²) in [5.41, 5.74) is 1.45. The van der Waals surface area contributed by atoms with Gasteiger partial charge in [0.1, 0.15) is 17.4 Å². The second kappa shape index (κ2) is 5.96. The van der Waals surface area contributed by atoms with E-state index < -0.39 is 5.82 Å². The smallest absolute Gasteiger partial charge is 0.143 e. The number of nitriles is 1.